The Morgan fingerprint density at radius 1 is 0.947 bits per heavy atom. The predicted octanol–water partition coefficient (Wildman–Crippen LogP) is 6.61. The van der Waals surface area contributed by atoms with Gasteiger partial charge in [-0.2, -0.15) is 10.2 Å². The Morgan fingerprint density at radius 3 is 2.34 bits per heavy atom. The minimum absolute atomic E-state index is 0.259. The number of rotatable bonds is 7. The number of aliphatic hydroxyl groups is 1. The van der Waals surface area contributed by atoms with E-state index in [-0.39, 0.29) is 5.92 Å². The Hall–Kier alpha value is -3.47. The fraction of sp³-hybridized carbons (Fsp3) is 0.290. The normalized spacial score (nSPS) is 12.9. The largest absolute Gasteiger partial charge is 0.386 e. The van der Waals surface area contributed by atoms with Crippen molar-refractivity contribution in [1.29, 1.82) is 0 Å². The molecule has 3 aromatic carbocycles. The lowest BCUT2D eigenvalue weighted by Gasteiger charge is -2.13. The van der Waals surface area contributed by atoms with Crippen LogP contribution < -0.4 is 5.30 Å². The van der Waals surface area contributed by atoms with Crippen LogP contribution in [0.5, 0.6) is 0 Å². The maximum absolute atomic E-state index is 12.6. The van der Waals surface area contributed by atoms with Crippen LogP contribution in [0.3, 0.4) is 0 Å². The molecule has 0 saturated heterocycles. The smallest absolute Gasteiger partial charge is 0.109 e. The van der Waals surface area contributed by atoms with Gasteiger partial charge < -0.3 is 9.67 Å². The highest BCUT2D eigenvalue weighted by Crippen LogP contribution is 2.38. The highest BCUT2D eigenvalue weighted by Gasteiger charge is 2.23. The molecule has 5 aromatic rings. The van der Waals surface area contributed by atoms with Gasteiger partial charge in [-0.1, -0.05) is 56.3 Å². The average Bonchev–Trinajstić information content (AvgIpc) is 3.44. The molecular weight excluding hydrogens is 491 g/mol. The first-order valence-corrected chi connectivity index (χ1v) is 15.6. The van der Waals surface area contributed by atoms with Crippen LogP contribution in [0.25, 0.3) is 27.8 Å². The van der Waals surface area contributed by atoms with Crippen LogP contribution in [-0.4, -0.2) is 38.0 Å². The van der Waals surface area contributed by atoms with Crippen molar-refractivity contribution < 1.29 is 9.67 Å². The molecule has 7 heteroatoms. The Morgan fingerprint density at radius 2 is 1.68 bits per heavy atom. The third-order valence-electron chi connectivity index (χ3n) is 7.17. The molecule has 2 heterocycles. The number of aromatic nitrogens is 4. The Labute approximate surface area is 224 Å². The van der Waals surface area contributed by atoms with Gasteiger partial charge in [-0.05, 0) is 68.5 Å². The first-order chi connectivity index (χ1) is 18.0. The van der Waals surface area contributed by atoms with Gasteiger partial charge in [-0.3, -0.25) is 4.68 Å². The minimum Gasteiger partial charge on any atom is -0.386 e. The zero-order valence-electron chi connectivity index (χ0n) is 22.9. The Bertz CT molecular complexity index is 1660. The van der Waals surface area contributed by atoms with E-state index in [0.717, 1.165) is 50.0 Å². The summed E-state index contributed by atoms with van der Waals surface area (Å²) in [6, 6.07) is 21.8. The first-order valence-electron chi connectivity index (χ1n) is 13.0. The van der Waals surface area contributed by atoms with Crippen LogP contribution in [-0.2, 0) is 11.1 Å². The predicted molar refractivity (Wildman–Crippen MR) is 156 cm³/mol. The number of benzene rings is 3. The average molecular weight is 527 g/mol. The maximum Gasteiger partial charge on any atom is 0.109 e. The summed E-state index contributed by atoms with van der Waals surface area (Å²) in [7, 11) is -2.35. The van der Waals surface area contributed by atoms with E-state index in [1.54, 1.807) is 13.3 Å². The maximum atomic E-state index is 12.6. The minimum atomic E-state index is -2.35. The molecule has 0 aliphatic rings. The van der Waals surface area contributed by atoms with E-state index in [0.29, 0.717) is 6.54 Å². The van der Waals surface area contributed by atoms with Crippen molar-refractivity contribution in [3.05, 3.63) is 95.3 Å². The molecule has 0 fully saturated rings. The standard InChI is InChI=1S/C31H35N4O2P/c1-20(2)30-22(4)35(28-16-15-24(17-21(28)3)38(5,6)37)33-31(30)25-13-10-14-27-26(25)18-34(32-27)19-29(36)23-11-8-7-9-12-23/h7-18,20,29,36H,19H2,1-6H3/t29-/m0/s1. The lowest BCUT2D eigenvalue weighted by molar-refractivity contribution is 0.152. The van der Waals surface area contributed by atoms with E-state index in [4.69, 9.17) is 10.2 Å². The van der Waals surface area contributed by atoms with Crippen molar-refractivity contribution in [2.75, 3.05) is 13.3 Å². The third-order valence-corrected chi connectivity index (χ3v) is 8.69. The zero-order chi connectivity index (χ0) is 27.2. The summed E-state index contributed by atoms with van der Waals surface area (Å²) in [6.07, 6.45) is 1.36. The molecule has 0 aliphatic heterocycles. The Balaban J connectivity index is 1.60. The molecule has 5 rings (SSSR count). The molecule has 0 aliphatic carbocycles. The quantitative estimate of drug-likeness (QED) is 0.242. The molecule has 0 spiro atoms. The summed E-state index contributed by atoms with van der Waals surface area (Å²) < 4.78 is 16.5. The highest BCUT2D eigenvalue weighted by atomic mass is 31.2. The third kappa shape index (κ3) is 4.87. The summed E-state index contributed by atoms with van der Waals surface area (Å²) in [4.78, 5) is 0. The van der Waals surface area contributed by atoms with Crippen LogP contribution >= 0.6 is 7.14 Å². The molecule has 0 unspecified atom stereocenters. The van der Waals surface area contributed by atoms with Crippen molar-refractivity contribution in [2.24, 2.45) is 0 Å². The molecule has 0 bridgehead atoms. The molecule has 196 valence electrons. The van der Waals surface area contributed by atoms with Gasteiger partial charge in [-0.15, -0.1) is 0 Å². The second kappa shape index (κ2) is 10.0. The van der Waals surface area contributed by atoms with E-state index in [2.05, 4.69) is 26.8 Å². The number of aryl methyl sites for hydroxylation is 1. The molecule has 0 radical (unpaired) electrons. The van der Waals surface area contributed by atoms with Crippen LogP contribution in [0, 0.1) is 13.8 Å². The lowest BCUT2D eigenvalue weighted by atomic mass is 9.95. The van der Waals surface area contributed by atoms with Gasteiger partial charge in [0, 0.05) is 33.7 Å². The van der Waals surface area contributed by atoms with Gasteiger partial charge in [-0.25, -0.2) is 4.68 Å². The van der Waals surface area contributed by atoms with Crippen molar-refractivity contribution in [2.45, 2.75) is 46.3 Å². The fourth-order valence-corrected chi connectivity index (χ4v) is 6.14. The number of fused-ring (bicyclic) bond motifs is 1. The van der Waals surface area contributed by atoms with Crippen LogP contribution in [0.4, 0.5) is 0 Å². The summed E-state index contributed by atoms with van der Waals surface area (Å²) in [5.41, 5.74) is 8.00. The second-order valence-electron chi connectivity index (χ2n) is 10.8. The molecule has 38 heavy (non-hydrogen) atoms. The van der Waals surface area contributed by atoms with E-state index < -0.39 is 13.2 Å². The summed E-state index contributed by atoms with van der Waals surface area (Å²) in [5.74, 6) is 0.259. The second-order valence-corrected chi connectivity index (χ2v) is 14.0. The van der Waals surface area contributed by atoms with Crippen molar-refractivity contribution >= 4 is 23.3 Å². The Kier molecular flexibility index (Phi) is 6.89. The first kappa shape index (κ1) is 26.1. The topological polar surface area (TPSA) is 72.9 Å². The molecule has 1 N–H and O–H groups in total. The number of aliphatic hydroxyl groups excluding tert-OH is 1. The van der Waals surface area contributed by atoms with E-state index in [1.807, 2.05) is 83.1 Å². The van der Waals surface area contributed by atoms with E-state index in [9.17, 15) is 9.67 Å². The van der Waals surface area contributed by atoms with E-state index in [1.165, 1.54) is 5.56 Å². The monoisotopic (exact) mass is 526 g/mol. The molecule has 0 saturated carbocycles. The van der Waals surface area contributed by atoms with Crippen LogP contribution in [0.15, 0.2) is 72.9 Å². The number of nitrogens with zero attached hydrogens (tertiary/aromatic N) is 4. The number of hydrogen-bond donors (Lipinski definition) is 1. The van der Waals surface area contributed by atoms with Crippen molar-refractivity contribution in [1.82, 2.24) is 19.6 Å². The molecule has 1 atom stereocenters. The highest BCUT2D eigenvalue weighted by molar-refractivity contribution is 7.70. The van der Waals surface area contributed by atoms with Crippen molar-refractivity contribution in [3.8, 4) is 16.9 Å². The summed E-state index contributed by atoms with van der Waals surface area (Å²) in [5, 5.41) is 22.6. The van der Waals surface area contributed by atoms with Gasteiger partial charge >= 0.3 is 0 Å². The zero-order valence-corrected chi connectivity index (χ0v) is 23.8. The lowest BCUT2D eigenvalue weighted by Crippen LogP contribution is -2.08. The van der Waals surface area contributed by atoms with Crippen molar-refractivity contribution in [3.63, 3.8) is 0 Å². The van der Waals surface area contributed by atoms with Gasteiger partial charge in [0.25, 0.3) is 0 Å². The molecule has 2 aromatic heterocycles. The fourth-order valence-electron chi connectivity index (χ4n) is 5.20. The molecular formula is C31H35N4O2P. The van der Waals surface area contributed by atoms with Gasteiger partial charge in [0.2, 0.25) is 0 Å². The molecule has 0 amide bonds. The molecule has 6 nitrogen and oxygen atoms in total. The van der Waals surface area contributed by atoms with E-state index >= 15 is 0 Å². The SMILES string of the molecule is Cc1cc(P(C)(C)=O)ccc1-n1nc(-c2cccc3nn(C[C@H](O)c4ccccc4)cc23)c(C(C)C)c1C. The number of hydrogen-bond acceptors (Lipinski definition) is 4. The summed E-state index contributed by atoms with van der Waals surface area (Å²) in [6.45, 7) is 12.5. The van der Waals surface area contributed by atoms with Crippen LogP contribution in [0.2, 0.25) is 0 Å². The van der Waals surface area contributed by atoms with Crippen LogP contribution in [0.1, 0.15) is 48.3 Å². The van der Waals surface area contributed by atoms with Gasteiger partial charge in [0.1, 0.15) is 7.14 Å². The van der Waals surface area contributed by atoms with Gasteiger partial charge in [0.05, 0.1) is 29.5 Å². The summed E-state index contributed by atoms with van der Waals surface area (Å²) >= 11 is 0. The van der Waals surface area contributed by atoms with Gasteiger partial charge in [0.15, 0.2) is 0 Å².